The Balaban J connectivity index is 2.51. The molecule has 0 bridgehead atoms. The summed E-state index contributed by atoms with van der Waals surface area (Å²) in [4.78, 5) is 27.1. The van der Waals surface area contributed by atoms with Crippen LogP contribution in [0.1, 0.15) is 5.56 Å². The first-order chi connectivity index (χ1) is 14.0. The Labute approximate surface area is 171 Å². The number of nitro benzene ring substituents is 1. The molecule has 1 amide bonds. The SMILES string of the molecule is CN(Oc1cc(Cl)ccc1F)C(=O)/C(C#N)=C(\O)c1cc([N+](=O)[O-])c(O)c(O)c1F. The highest BCUT2D eigenvalue weighted by Crippen LogP contribution is 2.41. The van der Waals surface area contributed by atoms with Crippen LogP contribution >= 0.6 is 11.6 Å². The molecule has 0 fully saturated rings. The smallest absolute Gasteiger partial charge is 0.315 e. The quantitative estimate of drug-likeness (QED) is 0.159. The average molecular weight is 442 g/mol. The molecule has 0 saturated carbocycles. The van der Waals surface area contributed by atoms with Crippen LogP contribution in [0, 0.1) is 33.1 Å². The number of aliphatic hydroxyl groups is 1. The number of nitrogens with zero attached hydrogens (tertiary/aromatic N) is 3. The van der Waals surface area contributed by atoms with Gasteiger partial charge in [-0.3, -0.25) is 14.9 Å². The van der Waals surface area contributed by atoms with Crippen LogP contribution in [0.3, 0.4) is 0 Å². The van der Waals surface area contributed by atoms with Gasteiger partial charge in [0.05, 0.1) is 10.5 Å². The van der Waals surface area contributed by atoms with E-state index in [2.05, 4.69) is 0 Å². The Hall–Kier alpha value is -4.11. The Morgan fingerprint density at radius 1 is 1.30 bits per heavy atom. The third-order valence-electron chi connectivity index (χ3n) is 3.62. The zero-order chi connectivity index (χ0) is 22.7. The molecule has 0 aromatic heterocycles. The van der Waals surface area contributed by atoms with Crippen molar-refractivity contribution in [3.05, 3.63) is 62.2 Å². The van der Waals surface area contributed by atoms with Gasteiger partial charge < -0.3 is 20.2 Å². The zero-order valence-electron chi connectivity index (χ0n) is 14.8. The Kier molecular flexibility index (Phi) is 6.28. The van der Waals surface area contributed by atoms with E-state index >= 15 is 0 Å². The van der Waals surface area contributed by atoms with Gasteiger partial charge in [-0.25, -0.2) is 8.78 Å². The van der Waals surface area contributed by atoms with Crippen LogP contribution in [-0.2, 0) is 4.79 Å². The molecular formula is C17H10ClF2N3O7. The molecule has 10 nitrogen and oxygen atoms in total. The number of hydrogen-bond donors (Lipinski definition) is 3. The van der Waals surface area contributed by atoms with Gasteiger partial charge in [-0.1, -0.05) is 11.6 Å². The van der Waals surface area contributed by atoms with Gasteiger partial charge in [-0.15, -0.1) is 0 Å². The molecule has 13 heteroatoms. The van der Waals surface area contributed by atoms with Gasteiger partial charge in [0.1, 0.15) is 11.8 Å². The number of hydroxylamine groups is 2. The van der Waals surface area contributed by atoms with Crippen LogP contribution in [0.5, 0.6) is 17.2 Å². The number of aromatic hydroxyl groups is 2. The van der Waals surface area contributed by atoms with Crippen LogP contribution in [-0.4, -0.2) is 38.3 Å². The van der Waals surface area contributed by atoms with Crippen LogP contribution in [0.25, 0.3) is 5.76 Å². The highest BCUT2D eigenvalue weighted by molar-refractivity contribution is 6.30. The highest BCUT2D eigenvalue weighted by atomic mass is 35.5. The predicted octanol–water partition coefficient (Wildman–Crippen LogP) is 3.18. The number of nitriles is 1. The summed E-state index contributed by atoms with van der Waals surface area (Å²) < 4.78 is 27.9. The lowest BCUT2D eigenvalue weighted by atomic mass is 10.1. The number of benzene rings is 2. The Morgan fingerprint density at radius 3 is 2.50 bits per heavy atom. The van der Waals surface area contributed by atoms with Gasteiger partial charge in [0.2, 0.25) is 11.5 Å². The van der Waals surface area contributed by atoms with Gasteiger partial charge in [0.15, 0.2) is 23.0 Å². The van der Waals surface area contributed by atoms with E-state index in [9.17, 15) is 44.3 Å². The molecule has 0 unspecified atom stereocenters. The van der Waals surface area contributed by atoms with E-state index in [1.165, 1.54) is 12.1 Å². The summed E-state index contributed by atoms with van der Waals surface area (Å²) in [6.45, 7) is 0. The third kappa shape index (κ3) is 4.15. The molecule has 2 rings (SSSR count). The van der Waals surface area contributed by atoms with Crippen LogP contribution in [0.15, 0.2) is 29.8 Å². The van der Waals surface area contributed by atoms with Crippen molar-refractivity contribution in [2.45, 2.75) is 0 Å². The minimum absolute atomic E-state index is 0.0556. The lowest BCUT2D eigenvalue weighted by Gasteiger charge is -2.18. The molecule has 2 aromatic carbocycles. The zero-order valence-corrected chi connectivity index (χ0v) is 15.5. The van der Waals surface area contributed by atoms with E-state index in [4.69, 9.17) is 16.4 Å². The van der Waals surface area contributed by atoms with E-state index < -0.39 is 62.3 Å². The van der Waals surface area contributed by atoms with Crippen molar-refractivity contribution >= 4 is 29.0 Å². The standard InChI is InChI=1S/C17H10ClF2N3O7/c1-22(30-12-4-7(18)2-3-10(12)19)17(27)9(6-21)14(24)8-5-11(23(28)29)15(25)16(26)13(8)20/h2-5,24-26H,1H3/b14-9-. The molecule has 0 heterocycles. The second-order valence-electron chi connectivity index (χ2n) is 5.52. The molecule has 156 valence electrons. The highest BCUT2D eigenvalue weighted by Gasteiger charge is 2.30. The second-order valence-corrected chi connectivity index (χ2v) is 5.95. The molecule has 0 aliphatic heterocycles. The van der Waals surface area contributed by atoms with Crippen molar-refractivity contribution in [1.29, 1.82) is 5.26 Å². The molecule has 0 radical (unpaired) electrons. The maximum absolute atomic E-state index is 14.2. The molecule has 0 spiro atoms. The molecule has 0 saturated heterocycles. The lowest BCUT2D eigenvalue weighted by molar-refractivity contribution is -0.386. The van der Waals surface area contributed by atoms with Crippen molar-refractivity contribution in [1.82, 2.24) is 5.06 Å². The van der Waals surface area contributed by atoms with Crippen LogP contribution < -0.4 is 4.84 Å². The fraction of sp³-hybridized carbons (Fsp3) is 0.0588. The molecule has 0 atom stereocenters. The maximum Gasteiger partial charge on any atom is 0.315 e. The number of nitro groups is 1. The summed E-state index contributed by atoms with van der Waals surface area (Å²) in [7, 11) is 0.931. The van der Waals surface area contributed by atoms with Crippen LogP contribution in [0.2, 0.25) is 5.02 Å². The topological polar surface area (TPSA) is 157 Å². The minimum Gasteiger partial charge on any atom is -0.506 e. The number of aliphatic hydroxyl groups excluding tert-OH is 1. The lowest BCUT2D eigenvalue weighted by Crippen LogP contribution is -2.32. The molecule has 0 aliphatic carbocycles. The summed E-state index contributed by atoms with van der Waals surface area (Å²) in [5, 5.41) is 49.6. The first-order valence-corrected chi connectivity index (χ1v) is 8.01. The number of hydrogen-bond acceptors (Lipinski definition) is 8. The Morgan fingerprint density at radius 2 is 1.93 bits per heavy atom. The van der Waals surface area contributed by atoms with Crippen molar-refractivity contribution in [2.24, 2.45) is 0 Å². The fourth-order valence-corrected chi connectivity index (χ4v) is 2.33. The average Bonchev–Trinajstić information content (AvgIpc) is 2.69. The first kappa shape index (κ1) is 22.2. The number of carbonyl (C=O) groups is 1. The summed E-state index contributed by atoms with van der Waals surface area (Å²) >= 11 is 5.69. The molecule has 2 aromatic rings. The van der Waals surface area contributed by atoms with Crippen molar-refractivity contribution in [3.63, 3.8) is 0 Å². The van der Waals surface area contributed by atoms with Crippen molar-refractivity contribution in [3.8, 4) is 23.3 Å². The Bertz CT molecular complexity index is 1130. The summed E-state index contributed by atoms with van der Waals surface area (Å²) in [6.07, 6.45) is 0. The van der Waals surface area contributed by atoms with Crippen molar-refractivity contribution in [2.75, 3.05) is 7.05 Å². The number of likely N-dealkylation sites (N-methyl/N-ethyl adjacent to an activating group) is 1. The maximum atomic E-state index is 14.2. The minimum atomic E-state index is -1.74. The fourth-order valence-electron chi connectivity index (χ4n) is 2.16. The third-order valence-corrected chi connectivity index (χ3v) is 3.86. The van der Waals surface area contributed by atoms with E-state index in [1.54, 1.807) is 0 Å². The number of carbonyl (C=O) groups excluding carboxylic acids is 1. The van der Waals surface area contributed by atoms with Gasteiger partial charge in [0, 0.05) is 24.2 Å². The predicted molar refractivity (Wildman–Crippen MR) is 96.4 cm³/mol. The summed E-state index contributed by atoms with van der Waals surface area (Å²) in [5.74, 6) is -8.98. The van der Waals surface area contributed by atoms with Crippen molar-refractivity contribution < 1.29 is 38.7 Å². The molecule has 0 aliphatic rings. The van der Waals surface area contributed by atoms with Gasteiger partial charge in [0.25, 0.3) is 0 Å². The molecule has 3 N–H and O–H groups in total. The summed E-state index contributed by atoms with van der Waals surface area (Å²) in [6, 6.07) is 4.71. The number of rotatable bonds is 5. The number of amides is 1. The normalized spacial score (nSPS) is 11.3. The van der Waals surface area contributed by atoms with Gasteiger partial charge >= 0.3 is 11.6 Å². The monoisotopic (exact) mass is 441 g/mol. The van der Waals surface area contributed by atoms with Crippen LogP contribution in [0.4, 0.5) is 14.5 Å². The summed E-state index contributed by atoms with van der Waals surface area (Å²) in [5.41, 5.74) is -3.49. The second kappa shape index (κ2) is 8.50. The largest absolute Gasteiger partial charge is 0.506 e. The molecular weight excluding hydrogens is 432 g/mol. The van der Waals surface area contributed by atoms with E-state index in [0.29, 0.717) is 11.1 Å². The van der Waals surface area contributed by atoms with E-state index in [0.717, 1.165) is 19.2 Å². The number of halogens is 3. The number of phenolic OH excluding ortho intramolecular Hbond substituents is 2. The van der Waals surface area contributed by atoms with E-state index in [1.807, 2.05) is 0 Å². The first-order valence-electron chi connectivity index (χ1n) is 7.63. The van der Waals surface area contributed by atoms with E-state index in [-0.39, 0.29) is 5.02 Å². The number of phenols is 2. The van der Waals surface area contributed by atoms with Gasteiger partial charge in [-0.05, 0) is 12.1 Å². The molecule has 30 heavy (non-hydrogen) atoms. The van der Waals surface area contributed by atoms with Gasteiger partial charge in [-0.2, -0.15) is 10.3 Å².